The molecule has 8 heteroatoms. The van der Waals surface area contributed by atoms with Crippen LogP contribution in [0.1, 0.15) is 20.7 Å². The Hall–Kier alpha value is -4.59. The SMILES string of the molecule is O=C(Nc1cc(NC(=O)c2ccc(F)cc2)cc(Oc2cccnc2)c1)c1ccc(F)cc1. The molecule has 4 aromatic rings. The van der Waals surface area contributed by atoms with E-state index in [1.807, 2.05) is 0 Å². The third kappa shape index (κ3) is 5.76. The summed E-state index contributed by atoms with van der Waals surface area (Å²) in [5.74, 6) is -1.06. The number of hydrogen-bond acceptors (Lipinski definition) is 4. The summed E-state index contributed by atoms with van der Waals surface area (Å²) in [6, 6.07) is 18.3. The molecule has 0 saturated carbocycles. The Labute approximate surface area is 187 Å². The van der Waals surface area contributed by atoms with E-state index in [0.29, 0.717) is 22.9 Å². The molecule has 0 bridgehead atoms. The molecule has 33 heavy (non-hydrogen) atoms. The van der Waals surface area contributed by atoms with Crippen LogP contribution in [0.25, 0.3) is 0 Å². The second kappa shape index (κ2) is 9.69. The number of amides is 2. The minimum atomic E-state index is -0.468. The van der Waals surface area contributed by atoms with Gasteiger partial charge in [0, 0.05) is 40.8 Å². The number of hydrogen-bond donors (Lipinski definition) is 2. The van der Waals surface area contributed by atoms with Gasteiger partial charge < -0.3 is 15.4 Å². The molecule has 0 saturated heterocycles. The number of pyridine rings is 1. The zero-order valence-corrected chi connectivity index (χ0v) is 17.1. The lowest BCUT2D eigenvalue weighted by molar-refractivity contribution is 0.101. The van der Waals surface area contributed by atoms with Gasteiger partial charge in [0.05, 0.1) is 6.20 Å². The first-order chi connectivity index (χ1) is 16.0. The number of rotatable bonds is 6. The Morgan fingerprint density at radius 2 is 1.21 bits per heavy atom. The minimum absolute atomic E-state index is 0.256. The van der Waals surface area contributed by atoms with Crippen LogP contribution in [0.15, 0.2) is 91.3 Å². The van der Waals surface area contributed by atoms with E-state index in [0.717, 1.165) is 0 Å². The highest BCUT2D eigenvalue weighted by atomic mass is 19.1. The third-order valence-corrected chi connectivity index (χ3v) is 4.51. The van der Waals surface area contributed by atoms with Crippen LogP contribution in [0.2, 0.25) is 0 Å². The van der Waals surface area contributed by atoms with E-state index < -0.39 is 23.4 Å². The molecule has 4 rings (SSSR count). The lowest BCUT2D eigenvalue weighted by atomic mass is 10.2. The minimum Gasteiger partial charge on any atom is -0.456 e. The van der Waals surface area contributed by atoms with E-state index in [9.17, 15) is 18.4 Å². The van der Waals surface area contributed by atoms with Crippen molar-refractivity contribution >= 4 is 23.2 Å². The smallest absolute Gasteiger partial charge is 0.255 e. The Bertz CT molecular complexity index is 1200. The van der Waals surface area contributed by atoms with E-state index in [1.54, 1.807) is 36.5 Å². The first-order valence-corrected chi connectivity index (χ1v) is 9.83. The molecule has 0 radical (unpaired) electrons. The van der Waals surface area contributed by atoms with Crippen LogP contribution in [0, 0.1) is 11.6 Å². The van der Waals surface area contributed by atoms with E-state index in [-0.39, 0.29) is 11.1 Å². The first kappa shape index (κ1) is 21.6. The molecule has 0 aliphatic rings. The fourth-order valence-electron chi connectivity index (χ4n) is 2.95. The lowest BCUT2D eigenvalue weighted by Gasteiger charge is -2.13. The molecule has 2 N–H and O–H groups in total. The van der Waals surface area contributed by atoms with E-state index in [1.165, 1.54) is 54.7 Å². The Morgan fingerprint density at radius 3 is 1.67 bits per heavy atom. The Morgan fingerprint density at radius 1 is 0.697 bits per heavy atom. The summed E-state index contributed by atoms with van der Waals surface area (Å²) >= 11 is 0. The molecule has 1 heterocycles. The molecule has 0 spiro atoms. The molecule has 0 aliphatic heterocycles. The van der Waals surface area contributed by atoms with E-state index in [4.69, 9.17) is 4.74 Å². The summed E-state index contributed by atoms with van der Waals surface area (Å²) in [7, 11) is 0. The number of ether oxygens (including phenoxy) is 1. The monoisotopic (exact) mass is 445 g/mol. The molecule has 0 aliphatic carbocycles. The zero-order chi connectivity index (χ0) is 23.2. The maximum absolute atomic E-state index is 13.2. The molecule has 1 aromatic heterocycles. The largest absolute Gasteiger partial charge is 0.456 e. The molecule has 0 fully saturated rings. The van der Waals surface area contributed by atoms with Gasteiger partial charge in [-0.2, -0.15) is 0 Å². The van der Waals surface area contributed by atoms with Crippen molar-refractivity contribution in [1.82, 2.24) is 4.98 Å². The van der Waals surface area contributed by atoms with Crippen LogP contribution in [0.3, 0.4) is 0 Å². The number of halogens is 2. The van der Waals surface area contributed by atoms with Gasteiger partial charge in [0.2, 0.25) is 0 Å². The maximum Gasteiger partial charge on any atom is 0.255 e. The highest BCUT2D eigenvalue weighted by Gasteiger charge is 2.12. The molecule has 2 amide bonds. The quantitative estimate of drug-likeness (QED) is 0.402. The number of nitrogens with one attached hydrogen (secondary N) is 2. The van der Waals surface area contributed by atoms with Gasteiger partial charge in [-0.15, -0.1) is 0 Å². The fourth-order valence-corrected chi connectivity index (χ4v) is 2.95. The molecule has 0 unspecified atom stereocenters. The number of carbonyl (C=O) groups is 2. The summed E-state index contributed by atoms with van der Waals surface area (Å²) in [4.78, 5) is 29.1. The molecule has 0 atom stereocenters. The molecule has 6 nitrogen and oxygen atoms in total. The van der Waals surface area contributed by atoms with E-state index in [2.05, 4.69) is 15.6 Å². The number of benzene rings is 3. The van der Waals surface area contributed by atoms with Crippen LogP contribution >= 0.6 is 0 Å². The summed E-state index contributed by atoms with van der Waals surface area (Å²) in [6.45, 7) is 0. The van der Waals surface area contributed by atoms with Crippen LogP contribution < -0.4 is 15.4 Å². The maximum atomic E-state index is 13.2. The molecule has 3 aromatic carbocycles. The third-order valence-electron chi connectivity index (χ3n) is 4.51. The van der Waals surface area contributed by atoms with Crippen molar-refractivity contribution in [2.75, 3.05) is 10.6 Å². The van der Waals surface area contributed by atoms with Gasteiger partial charge in [-0.3, -0.25) is 14.6 Å². The summed E-state index contributed by atoms with van der Waals surface area (Å²) in [6.07, 6.45) is 3.11. The summed E-state index contributed by atoms with van der Waals surface area (Å²) in [5, 5.41) is 5.41. The second-order valence-corrected chi connectivity index (χ2v) is 6.96. The van der Waals surface area contributed by atoms with Crippen LogP contribution in [-0.4, -0.2) is 16.8 Å². The molecular formula is C25H17F2N3O3. The predicted octanol–water partition coefficient (Wildman–Crippen LogP) is 5.66. The van der Waals surface area contributed by atoms with Crippen LogP contribution in [0.4, 0.5) is 20.2 Å². The number of aromatic nitrogens is 1. The van der Waals surface area contributed by atoms with Crippen molar-refractivity contribution in [3.63, 3.8) is 0 Å². The second-order valence-electron chi connectivity index (χ2n) is 6.96. The highest BCUT2D eigenvalue weighted by molar-refractivity contribution is 6.06. The normalized spacial score (nSPS) is 10.4. The van der Waals surface area contributed by atoms with Gasteiger partial charge in [0.15, 0.2) is 0 Å². The van der Waals surface area contributed by atoms with E-state index >= 15 is 0 Å². The zero-order valence-electron chi connectivity index (χ0n) is 17.1. The number of anilines is 2. The van der Waals surface area contributed by atoms with Gasteiger partial charge in [0.1, 0.15) is 23.1 Å². The van der Waals surface area contributed by atoms with Gasteiger partial charge in [-0.25, -0.2) is 8.78 Å². The van der Waals surface area contributed by atoms with Crippen molar-refractivity contribution in [3.8, 4) is 11.5 Å². The van der Waals surface area contributed by atoms with Gasteiger partial charge in [0.25, 0.3) is 11.8 Å². The highest BCUT2D eigenvalue weighted by Crippen LogP contribution is 2.29. The first-order valence-electron chi connectivity index (χ1n) is 9.83. The van der Waals surface area contributed by atoms with Crippen molar-refractivity contribution < 1.29 is 23.1 Å². The van der Waals surface area contributed by atoms with Crippen LogP contribution in [0.5, 0.6) is 11.5 Å². The Balaban J connectivity index is 1.61. The lowest BCUT2D eigenvalue weighted by Crippen LogP contribution is -2.14. The molecular weight excluding hydrogens is 428 g/mol. The average Bonchev–Trinajstić information content (AvgIpc) is 2.80. The summed E-state index contributed by atoms with van der Waals surface area (Å²) < 4.78 is 32.1. The standard InChI is InChI=1S/C25H17F2N3O3/c26-18-7-3-16(4-8-18)24(31)29-20-12-21(30-25(32)17-5-9-19(27)10-6-17)14-23(13-20)33-22-2-1-11-28-15-22/h1-15H,(H,29,31)(H,30,32). The van der Waals surface area contributed by atoms with Crippen molar-refractivity contribution in [3.05, 3.63) is 114 Å². The predicted molar refractivity (Wildman–Crippen MR) is 119 cm³/mol. The summed E-state index contributed by atoms with van der Waals surface area (Å²) in [5.41, 5.74) is 1.18. The average molecular weight is 445 g/mol. The van der Waals surface area contributed by atoms with Gasteiger partial charge in [-0.05, 0) is 66.7 Å². The van der Waals surface area contributed by atoms with Gasteiger partial charge >= 0.3 is 0 Å². The number of nitrogens with zero attached hydrogens (tertiary/aromatic N) is 1. The van der Waals surface area contributed by atoms with Crippen molar-refractivity contribution in [2.45, 2.75) is 0 Å². The van der Waals surface area contributed by atoms with Crippen LogP contribution in [-0.2, 0) is 0 Å². The number of carbonyl (C=O) groups excluding carboxylic acids is 2. The topological polar surface area (TPSA) is 80.3 Å². The van der Waals surface area contributed by atoms with Gasteiger partial charge in [-0.1, -0.05) is 0 Å². The van der Waals surface area contributed by atoms with Crippen molar-refractivity contribution in [1.29, 1.82) is 0 Å². The Kier molecular flexibility index (Phi) is 6.36. The molecule has 164 valence electrons. The van der Waals surface area contributed by atoms with Crippen molar-refractivity contribution in [2.24, 2.45) is 0 Å². The fraction of sp³-hybridized carbons (Fsp3) is 0.